The highest BCUT2D eigenvalue weighted by molar-refractivity contribution is 7.92. The first-order valence-electron chi connectivity index (χ1n) is 17.7. The average molecular weight is 720 g/mol. The van der Waals surface area contributed by atoms with Gasteiger partial charge in [0.25, 0.3) is 11.8 Å². The van der Waals surface area contributed by atoms with Gasteiger partial charge in [-0.25, -0.2) is 4.21 Å². The van der Waals surface area contributed by atoms with E-state index in [1.165, 1.54) is 22.0 Å². The Bertz CT molecular complexity index is 1940. The number of carbonyl (C=O) groups excluding carboxylic acids is 2. The van der Waals surface area contributed by atoms with Crippen LogP contribution in [-0.4, -0.2) is 64.5 Å². The van der Waals surface area contributed by atoms with Gasteiger partial charge in [0, 0.05) is 49.4 Å². The number of nitrogens with one attached hydrogen (secondary N) is 1. The van der Waals surface area contributed by atoms with Gasteiger partial charge >= 0.3 is 0 Å². The van der Waals surface area contributed by atoms with Crippen molar-refractivity contribution in [2.75, 3.05) is 37.5 Å². The van der Waals surface area contributed by atoms with E-state index in [4.69, 9.17) is 21.1 Å². The second-order valence-electron chi connectivity index (χ2n) is 14.5. The molecular weight excluding hydrogens is 674 g/mol. The van der Waals surface area contributed by atoms with Gasteiger partial charge < -0.3 is 14.4 Å². The number of aromatic nitrogens is 2. The van der Waals surface area contributed by atoms with Gasteiger partial charge in [0.15, 0.2) is 0 Å². The van der Waals surface area contributed by atoms with Crippen LogP contribution in [0.15, 0.2) is 65.3 Å². The monoisotopic (exact) mass is 719 g/mol. The molecule has 2 aliphatic heterocycles. The molecule has 1 saturated carbocycles. The summed E-state index contributed by atoms with van der Waals surface area (Å²) >= 11 is 6.45. The van der Waals surface area contributed by atoms with Crippen molar-refractivity contribution in [1.82, 2.24) is 14.5 Å². The molecule has 3 heterocycles. The van der Waals surface area contributed by atoms with Crippen molar-refractivity contribution < 1.29 is 23.3 Å². The molecule has 3 aromatic rings. The molecule has 50 heavy (non-hydrogen) atoms. The van der Waals surface area contributed by atoms with Gasteiger partial charge in [0.2, 0.25) is 0 Å². The molecule has 7 rings (SSSR count). The first-order chi connectivity index (χ1) is 24.1. The van der Waals surface area contributed by atoms with Crippen molar-refractivity contribution in [3.05, 3.63) is 88.2 Å². The third-order valence-electron chi connectivity index (χ3n) is 11.2. The average Bonchev–Trinajstić information content (AvgIpc) is 3.47. The number of aryl methyl sites for hydroxylation is 2. The van der Waals surface area contributed by atoms with Crippen LogP contribution in [0.1, 0.15) is 77.3 Å². The lowest BCUT2D eigenvalue weighted by atomic mass is 9.68. The molecule has 1 N–H and O–H groups in total. The molecule has 266 valence electrons. The fraction of sp³-hybridized carbons (Fsp3) is 0.500. The van der Waals surface area contributed by atoms with Crippen molar-refractivity contribution in [1.29, 1.82) is 0 Å². The molecule has 1 aromatic heterocycles. The maximum atomic E-state index is 14.6. The summed E-state index contributed by atoms with van der Waals surface area (Å²) in [4.78, 5) is 29.7. The van der Waals surface area contributed by atoms with Crippen LogP contribution in [0.3, 0.4) is 0 Å². The number of amides is 2. The zero-order valence-corrected chi connectivity index (χ0v) is 30.5. The molecular formula is C38H46ClN5O5S. The number of fused-ring (bicyclic) bond motifs is 4. The van der Waals surface area contributed by atoms with E-state index in [-0.39, 0.29) is 28.8 Å². The maximum absolute atomic E-state index is 14.6. The molecule has 2 aromatic carbocycles. The molecule has 2 aliphatic carbocycles. The Morgan fingerprint density at radius 3 is 2.82 bits per heavy atom. The fourth-order valence-electron chi connectivity index (χ4n) is 8.29. The van der Waals surface area contributed by atoms with Crippen LogP contribution < -0.4 is 14.4 Å². The number of hydrogen-bond acceptors (Lipinski definition) is 7. The Labute approximate surface area is 299 Å². The van der Waals surface area contributed by atoms with Crippen LogP contribution in [0, 0.1) is 17.8 Å². The molecule has 2 amide bonds. The van der Waals surface area contributed by atoms with Crippen LogP contribution in [-0.2, 0) is 33.5 Å². The molecule has 1 fully saturated rings. The van der Waals surface area contributed by atoms with Crippen molar-refractivity contribution in [2.24, 2.45) is 29.2 Å². The summed E-state index contributed by atoms with van der Waals surface area (Å²) in [6, 6.07) is 11.6. The highest BCUT2D eigenvalue weighted by Gasteiger charge is 2.44. The third kappa shape index (κ3) is 6.96. The molecule has 0 saturated heterocycles. The van der Waals surface area contributed by atoms with Crippen LogP contribution in [0.4, 0.5) is 5.69 Å². The van der Waals surface area contributed by atoms with Crippen molar-refractivity contribution in [2.45, 2.75) is 63.4 Å². The number of allylic oxidation sites excluding steroid dienone is 1. The van der Waals surface area contributed by atoms with E-state index in [0.717, 1.165) is 55.9 Å². The van der Waals surface area contributed by atoms with E-state index >= 15 is 0 Å². The quantitative estimate of drug-likeness (QED) is 0.305. The zero-order chi connectivity index (χ0) is 35.0. The van der Waals surface area contributed by atoms with Crippen molar-refractivity contribution in [3.63, 3.8) is 0 Å². The molecule has 12 heteroatoms. The summed E-state index contributed by atoms with van der Waals surface area (Å²) in [5, 5.41) is 4.81. The highest BCUT2D eigenvalue weighted by Crippen LogP contribution is 2.47. The van der Waals surface area contributed by atoms with Gasteiger partial charge in [-0.3, -0.25) is 19.0 Å². The first-order valence-corrected chi connectivity index (χ1v) is 19.7. The number of rotatable bonds is 4. The van der Waals surface area contributed by atoms with E-state index in [1.807, 2.05) is 25.1 Å². The van der Waals surface area contributed by atoms with E-state index in [0.29, 0.717) is 42.6 Å². The number of hydrogen-bond donors (Lipinski definition) is 1. The van der Waals surface area contributed by atoms with Gasteiger partial charge in [-0.05, 0) is 97.7 Å². The second kappa shape index (κ2) is 14.2. The maximum Gasteiger partial charge on any atom is 0.286 e. The van der Waals surface area contributed by atoms with Crippen LogP contribution in [0.25, 0.3) is 0 Å². The van der Waals surface area contributed by atoms with E-state index in [2.05, 4.69) is 43.4 Å². The normalized spacial score (nSPS) is 30.2. The highest BCUT2D eigenvalue weighted by atomic mass is 35.5. The number of nitrogens with zero attached hydrogens (tertiary/aromatic N) is 4. The minimum atomic E-state index is -3.53. The standard InChI is InChI=1S/C38H46ClN5O5S/c1-4-25-7-5-9-34(48-3)31-13-10-28(31)21-44-23-38(16-6-8-26-17-30(39)12-14-32(26)38)24-49-35-15-11-27(18-33(35)44)36(45)41-50(47,22-25)42-37(46)29-19-40-43(2)20-29/h5,9,11-12,14-15,17-20,25,28,31,34H,4,6-8,10,13,16,21-24H2,1-3H3,(H,41,42,45,46,47)/b9-5+/t25-,28-,31+,34-,38-,50-/m0/s1. The second-order valence-corrected chi connectivity index (χ2v) is 16.9. The molecule has 0 unspecified atom stereocenters. The predicted molar refractivity (Wildman–Crippen MR) is 195 cm³/mol. The molecule has 10 nitrogen and oxygen atoms in total. The molecule has 2 bridgehead atoms. The lowest BCUT2D eigenvalue weighted by Crippen LogP contribution is -2.49. The van der Waals surface area contributed by atoms with E-state index < -0.39 is 21.7 Å². The topological polar surface area (TPSA) is 115 Å². The first kappa shape index (κ1) is 34.8. The minimum Gasteiger partial charge on any atom is -0.490 e. The summed E-state index contributed by atoms with van der Waals surface area (Å²) in [5.41, 5.74) is 3.65. The SMILES string of the molecule is CC[C@H]1C/C=C/[C@H](OC)[C@@H]2CC[C@H]2CN2C[C@@]3(CCCc4cc(Cl)ccc43)COc3ccc(cc32)C(=O)N=[S@](=O)(NC(=O)c2cnn(C)c2)C1. The number of halogens is 1. The Morgan fingerprint density at radius 1 is 1.22 bits per heavy atom. The Morgan fingerprint density at radius 2 is 2.08 bits per heavy atom. The van der Waals surface area contributed by atoms with Gasteiger partial charge in [-0.15, -0.1) is 4.36 Å². The number of methoxy groups -OCH3 is 1. The number of ether oxygens (including phenoxy) is 2. The summed E-state index contributed by atoms with van der Waals surface area (Å²) < 4.78 is 35.7. The summed E-state index contributed by atoms with van der Waals surface area (Å²) in [6.07, 6.45) is 13.6. The summed E-state index contributed by atoms with van der Waals surface area (Å²) in [6.45, 7) is 4.02. The van der Waals surface area contributed by atoms with Crippen molar-refractivity contribution in [3.8, 4) is 5.75 Å². The lowest BCUT2D eigenvalue weighted by Gasteiger charge is -2.46. The number of benzene rings is 2. The summed E-state index contributed by atoms with van der Waals surface area (Å²) in [5.74, 6) is 0.148. The van der Waals surface area contributed by atoms with E-state index in [9.17, 15) is 13.8 Å². The Balaban J connectivity index is 1.31. The lowest BCUT2D eigenvalue weighted by molar-refractivity contribution is 0.0131. The number of anilines is 1. The Kier molecular flexibility index (Phi) is 9.84. The van der Waals surface area contributed by atoms with Gasteiger partial charge in [0.05, 0.1) is 35.9 Å². The minimum absolute atomic E-state index is 0.0292. The Hall–Kier alpha value is -3.67. The molecule has 6 atom stereocenters. The number of carbonyl (C=O) groups is 2. The van der Waals surface area contributed by atoms with E-state index in [1.54, 1.807) is 26.4 Å². The molecule has 1 spiro atoms. The predicted octanol–water partition coefficient (Wildman–Crippen LogP) is 6.53. The fourth-order valence-corrected chi connectivity index (χ4v) is 10.5. The zero-order valence-electron chi connectivity index (χ0n) is 29.0. The van der Waals surface area contributed by atoms with Gasteiger partial charge in [-0.1, -0.05) is 43.2 Å². The van der Waals surface area contributed by atoms with Crippen molar-refractivity contribution >= 4 is 39.0 Å². The van der Waals surface area contributed by atoms with Crippen LogP contribution in [0.2, 0.25) is 5.02 Å². The molecule has 4 aliphatic rings. The largest absolute Gasteiger partial charge is 0.490 e. The van der Waals surface area contributed by atoms with Crippen LogP contribution in [0.5, 0.6) is 5.75 Å². The van der Waals surface area contributed by atoms with Crippen LogP contribution >= 0.6 is 11.6 Å². The smallest absolute Gasteiger partial charge is 0.286 e. The third-order valence-corrected chi connectivity index (χ3v) is 13.3. The van der Waals surface area contributed by atoms with Gasteiger partial charge in [0.1, 0.15) is 15.7 Å². The summed E-state index contributed by atoms with van der Waals surface area (Å²) in [7, 11) is -0.0560. The molecule has 0 radical (unpaired) electrons. The van der Waals surface area contributed by atoms with Gasteiger partial charge in [-0.2, -0.15) is 5.10 Å².